The average Bonchev–Trinajstić information content (AvgIpc) is 3.01. The predicted molar refractivity (Wildman–Crippen MR) is 76.1 cm³/mol. The SMILES string of the molecule is O=C(c1ccon1)N1CCN(c2cccc(Cl)c2)CC1. The number of anilines is 1. The van der Waals surface area contributed by atoms with Gasteiger partial charge in [-0.25, -0.2) is 0 Å². The Morgan fingerprint density at radius 1 is 1.20 bits per heavy atom. The second kappa shape index (κ2) is 5.54. The third kappa shape index (κ3) is 2.63. The Morgan fingerprint density at radius 2 is 2.00 bits per heavy atom. The molecule has 1 aliphatic heterocycles. The zero-order chi connectivity index (χ0) is 13.9. The van der Waals surface area contributed by atoms with Crippen LogP contribution in [-0.2, 0) is 0 Å². The van der Waals surface area contributed by atoms with Crippen molar-refractivity contribution >= 4 is 23.2 Å². The largest absolute Gasteiger partial charge is 0.368 e. The number of halogens is 1. The molecule has 20 heavy (non-hydrogen) atoms. The molecule has 5 nitrogen and oxygen atoms in total. The van der Waals surface area contributed by atoms with Gasteiger partial charge in [-0.05, 0) is 18.2 Å². The van der Waals surface area contributed by atoms with Crippen LogP contribution in [0.3, 0.4) is 0 Å². The number of hydrogen-bond donors (Lipinski definition) is 0. The summed E-state index contributed by atoms with van der Waals surface area (Å²) in [6.07, 6.45) is 1.41. The van der Waals surface area contributed by atoms with Crippen molar-refractivity contribution in [3.05, 3.63) is 47.3 Å². The Morgan fingerprint density at radius 3 is 2.65 bits per heavy atom. The van der Waals surface area contributed by atoms with Gasteiger partial charge in [-0.2, -0.15) is 0 Å². The van der Waals surface area contributed by atoms with Crippen LogP contribution in [0.5, 0.6) is 0 Å². The van der Waals surface area contributed by atoms with E-state index in [9.17, 15) is 4.79 Å². The number of nitrogens with zero attached hydrogens (tertiary/aromatic N) is 3. The smallest absolute Gasteiger partial charge is 0.276 e. The van der Waals surface area contributed by atoms with Gasteiger partial charge in [0.15, 0.2) is 5.69 Å². The van der Waals surface area contributed by atoms with Crippen LogP contribution < -0.4 is 4.90 Å². The highest BCUT2D eigenvalue weighted by Gasteiger charge is 2.23. The van der Waals surface area contributed by atoms with Crippen LogP contribution in [0.1, 0.15) is 10.5 Å². The van der Waals surface area contributed by atoms with Gasteiger partial charge in [0.25, 0.3) is 5.91 Å². The van der Waals surface area contributed by atoms with Crippen LogP contribution in [0.15, 0.2) is 41.1 Å². The molecular weight excluding hydrogens is 278 g/mol. The van der Waals surface area contributed by atoms with E-state index in [1.165, 1.54) is 6.26 Å². The third-order valence-corrected chi connectivity index (χ3v) is 3.63. The summed E-state index contributed by atoms with van der Waals surface area (Å²) in [4.78, 5) is 16.1. The summed E-state index contributed by atoms with van der Waals surface area (Å²) < 4.78 is 4.71. The summed E-state index contributed by atoms with van der Waals surface area (Å²) in [7, 11) is 0. The van der Waals surface area contributed by atoms with E-state index in [2.05, 4.69) is 10.1 Å². The van der Waals surface area contributed by atoms with Crippen molar-refractivity contribution in [2.75, 3.05) is 31.1 Å². The van der Waals surface area contributed by atoms with Crippen LogP contribution in [-0.4, -0.2) is 42.1 Å². The Labute approximate surface area is 121 Å². The first-order valence-electron chi connectivity index (χ1n) is 6.44. The average molecular weight is 292 g/mol. The molecule has 0 radical (unpaired) electrons. The van der Waals surface area contributed by atoms with E-state index < -0.39 is 0 Å². The summed E-state index contributed by atoms with van der Waals surface area (Å²) in [5.74, 6) is -0.0792. The van der Waals surface area contributed by atoms with Crippen LogP contribution in [0.2, 0.25) is 5.02 Å². The van der Waals surface area contributed by atoms with Gasteiger partial charge in [-0.3, -0.25) is 4.79 Å². The lowest BCUT2D eigenvalue weighted by Crippen LogP contribution is -2.48. The maximum Gasteiger partial charge on any atom is 0.276 e. The highest BCUT2D eigenvalue weighted by Crippen LogP contribution is 2.21. The topological polar surface area (TPSA) is 49.6 Å². The molecule has 1 fully saturated rings. The van der Waals surface area contributed by atoms with Crippen LogP contribution in [0.4, 0.5) is 5.69 Å². The number of amides is 1. The van der Waals surface area contributed by atoms with Crippen molar-refractivity contribution in [3.8, 4) is 0 Å². The molecule has 0 saturated carbocycles. The fourth-order valence-electron chi connectivity index (χ4n) is 2.33. The van der Waals surface area contributed by atoms with Gasteiger partial charge in [0, 0.05) is 43.0 Å². The van der Waals surface area contributed by atoms with Crippen LogP contribution in [0.25, 0.3) is 0 Å². The summed E-state index contributed by atoms with van der Waals surface area (Å²) in [6, 6.07) is 9.35. The van der Waals surface area contributed by atoms with Crippen molar-refractivity contribution in [2.24, 2.45) is 0 Å². The lowest BCUT2D eigenvalue weighted by molar-refractivity contribution is 0.0736. The fraction of sp³-hybridized carbons (Fsp3) is 0.286. The first kappa shape index (κ1) is 13.0. The van der Waals surface area contributed by atoms with Gasteiger partial charge >= 0.3 is 0 Å². The molecule has 1 saturated heterocycles. The van der Waals surface area contributed by atoms with Crippen molar-refractivity contribution in [2.45, 2.75) is 0 Å². The molecule has 0 aliphatic carbocycles. The molecule has 0 atom stereocenters. The van der Waals surface area contributed by atoms with Crippen molar-refractivity contribution in [3.63, 3.8) is 0 Å². The van der Waals surface area contributed by atoms with E-state index in [1.807, 2.05) is 24.3 Å². The predicted octanol–water partition coefficient (Wildman–Crippen LogP) is 2.29. The lowest BCUT2D eigenvalue weighted by Gasteiger charge is -2.35. The van der Waals surface area contributed by atoms with Gasteiger partial charge in [0.2, 0.25) is 0 Å². The van der Waals surface area contributed by atoms with E-state index in [0.29, 0.717) is 18.8 Å². The molecule has 0 bridgehead atoms. The van der Waals surface area contributed by atoms with E-state index in [4.69, 9.17) is 16.1 Å². The number of aromatic nitrogens is 1. The molecule has 1 aromatic carbocycles. The summed E-state index contributed by atoms with van der Waals surface area (Å²) in [6.45, 7) is 2.89. The number of benzene rings is 1. The van der Waals surface area contributed by atoms with Gasteiger partial charge < -0.3 is 14.3 Å². The van der Waals surface area contributed by atoms with E-state index in [-0.39, 0.29) is 5.91 Å². The number of rotatable bonds is 2. The van der Waals surface area contributed by atoms with E-state index >= 15 is 0 Å². The summed E-state index contributed by atoms with van der Waals surface area (Å²) in [5, 5.41) is 4.41. The minimum absolute atomic E-state index is 0.0792. The van der Waals surface area contributed by atoms with Crippen LogP contribution in [0, 0.1) is 0 Å². The number of hydrogen-bond acceptors (Lipinski definition) is 4. The zero-order valence-corrected chi connectivity index (χ0v) is 11.6. The highest BCUT2D eigenvalue weighted by molar-refractivity contribution is 6.30. The number of carbonyl (C=O) groups is 1. The minimum atomic E-state index is -0.0792. The van der Waals surface area contributed by atoms with Gasteiger partial charge in [0.05, 0.1) is 0 Å². The van der Waals surface area contributed by atoms with Crippen molar-refractivity contribution in [1.82, 2.24) is 10.1 Å². The molecule has 1 aliphatic rings. The Balaban J connectivity index is 1.64. The first-order valence-corrected chi connectivity index (χ1v) is 6.82. The molecule has 2 aromatic rings. The first-order chi connectivity index (χ1) is 9.74. The monoisotopic (exact) mass is 291 g/mol. The summed E-state index contributed by atoms with van der Waals surface area (Å²) >= 11 is 6.00. The highest BCUT2D eigenvalue weighted by atomic mass is 35.5. The second-order valence-electron chi connectivity index (χ2n) is 4.64. The molecule has 0 spiro atoms. The number of carbonyl (C=O) groups excluding carboxylic acids is 1. The molecule has 1 amide bonds. The molecule has 6 heteroatoms. The molecule has 0 unspecified atom stereocenters. The van der Waals surface area contributed by atoms with E-state index in [1.54, 1.807) is 11.0 Å². The zero-order valence-electron chi connectivity index (χ0n) is 10.8. The lowest BCUT2D eigenvalue weighted by atomic mass is 10.2. The molecular formula is C14H14ClN3O2. The van der Waals surface area contributed by atoms with Gasteiger partial charge in [0.1, 0.15) is 6.26 Å². The Bertz CT molecular complexity index is 592. The van der Waals surface area contributed by atoms with Crippen LogP contribution >= 0.6 is 11.6 Å². The minimum Gasteiger partial charge on any atom is -0.368 e. The van der Waals surface area contributed by atoms with E-state index in [0.717, 1.165) is 23.8 Å². The third-order valence-electron chi connectivity index (χ3n) is 3.40. The Hall–Kier alpha value is -2.01. The van der Waals surface area contributed by atoms with Crippen molar-refractivity contribution < 1.29 is 9.32 Å². The quantitative estimate of drug-likeness (QED) is 0.852. The van der Waals surface area contributed by atoms with Crippen molar-refractivity contribution in [1.29, 1.82) is 0 Å². The molecule has 104 valence electrons. The second-order valence-corrected chi connectivity index (χ2v) is 5.08. The molecule has 2 heterocycles. The number of piperazine rings is 1. The summed E-state index contributed by atoms with van der Waals surface area (Å²) in [5.41, 5.74) is 1.45. The fourth-order valence-corrected chi connectivity index (χ4v) is 2.51. The van der Waals surface area contributed by atoms with Gasteiger partial charge in [-0.15, -0.1) is 0 Å². The van der Waals surface area contributed by atoms with Gasteiger partial charge in [-0.1, -0.05) is 22.8 Å². The Kier molecular flexibility index (Phi) is 3.60. The molecule has 1 aromatic heterocycles. The normalized spacial score (nSPS) is 15.4. The maximum atomic E-state index is 12.1. The molecule has 0 N–H and O–H groups in total. The standard InChI is InChI=1S/C14H14ClN3O2/c15-11-2-1-3-12(10-11)17-5-7-18(8-6-17)14(19)13-4-9-20-16-13/h1-4,9-10H,5-8H2. The molecule has 3 rings (SSSR count). The maximum absolute atomic E-state index is 12.1.